The SMILES string of the molecule is N=Cc1ccc(OCC(=O)N2CCN(Cc3ccc4c(c3)OCO4)CC2)c2ccccc12. The molecular formula is C25H25N3O4. The van der Waals surface area contributed by atoms with Crippen LogP contribution < -0.4 is 14.2 Å². The van der Waals surface area contributed by atoms with E-state index in [9.17, 15) is 4.79 Å². The van der Waals surface area contributed by atoms with Gasteiger partial charge in [-0.25, -0.2) is 0 Å². The fourth-order valence-electron chi connectivity index (χ4n) is 4.23. The van der Waals surface area contributed by atoms with Crippen LogP contribution in [0.25, 0.3) is 10.8 Å². The van der Waals surface area contributed by atoms with E-state index in [0.29, 0.717) is 18.8 Å². The first-order chi connectivity index (χ1) is 15.7. The first kappa shape index (κ1) is 20.3. The van der Waals surface area contributed by atoms with Crippen LogP contribution in [0.3, 0.4) is 0 Å². The molecule has 7 nitrogen and oxygen atoms in total. The van der Waals surface area contributed by atoms with E-state index in [1.165, 1.54) is 11.8 Å². The second-order valence-electron chi connectivity index (χ2n) is 7.98. The Hall–Kier alpha value is -3.58. The Morgan fingerprint density at radius 2 is 1.75 bits per heavy atom. The van der Waals surface area contributed by atoms with Gasteiger partial charge < -0.3 is 24.5 Å². The average molecular weight is 431 g/mol. The Balaban J connectivity index is 1.15. The minimum atomic E-state index is -0.00654. The molecular weight excluding hydrogens is 406 g/mol. The van der Waals surface area contributed by atoms with Crippen molar-refractivity contribution in [3.05, 3.63) is 65.7 Å². The van der Waals surface area contributed by atoms with Crippen molar-refractivity contribution < 1.29 is 19.0 Å². The van der Waals surface area contributed by atoms with Gasteiger partial charge in [0.1, 0.15) is 5.75 Å². The van der Waals surface area contributed by atoms with Crippen LogP contribution in [0.15, 0.2) is 54.6 Å². The summed E-state index contributed by atoms with van der Waals surface area (Å²) < 4.78 is 16.7. The summed E-state index contributed by atoms with van der Waals surface area (Å²) in [5, 5.41) is 9.44. The van der Waals surface area contributed by atoms with Crippen LogP contribution in [-0.4, -0.2) is 61.5 Å². The van der Waals surface area contributed by atoms with Crippen molar-refractivity contribution in [1.82, 2.24) is 9.80 Å². The van der Waals surface area contributed by atoms with Crippen LogP contribution >= 0.6 is 0 Å². The number of hydrogen-bond acceptors (Lipinski definition) is 6. The Morgan fingerprint density at radius 1 is 0.969 bits per heavy atom. The molecule has 1 saturated heterocycles. The summed E-state index contributed by atoms with van der Waals surface area (Å²) in [5.41, 5.74) is 2.01. The lowest BCUT2D eigenvalue weighted by atomic mass is 10.0. The Labute approximate surface area is 186 Å². The minimum absolute atomic E-state index is 0.00654. The van der Waals surface area contributed by atoms with E-state index in [4.69, 9.17) is 19.6 Å². The number of nitrogens with one attached hydrogen (secondary N) is 1. The highest BCUT2D eigenvalue weighted by atomic mass is 16.7. The van der Waals surface area contributed by atoms with Crippen LogP contribution in [0.4, 0.5) is 0 Å². The van der Waals surface area contributed by atoms with Crippen LogP contribution in [0.5, 0.6) is 17.2 Å². The summed E-state index contributed by atoms with van der Waals surface area (Å²) in [6.45, 7) is 4.11. The van der Waals surface area contributed by atoms with Gasteiger partial charge in [0, 0.05) is 49.9 Å². The molecule has 0 aromatic heterocycles. The van der Waals surface area contributed by atoms with E-state index < -0.39 is 0 Å². The van der Waals surface area contributed by atoms with E-state index >= 15 is 0 Å². The Bertz CT molecular complexity index is 1160. The van der Waals surface area contributed by atoms with Gasteiger partial charge in [-0.1, -0.05) is 30.3 Å². The van der Waals surface area contributed by atoms with E-state index in [0.717, 1.165) is 47.5 Å². The van der Waals surface area contributed by atoms with Crippen LogP contribution in [0.1, 0.15) is 11.1 Å². The zero-order valence-corrected chi connectivity index (χ0v) is 17.8. The fourth-order valence-corrected chi connectivity index (χ4v) is 4.23. The molecule has 2 heterocycles. The maximum Gasteiger partial charge on any atom is 0.260 e. The van der Waals surface area contributed by atoms with Crippen molar-refractivity contribution >= 4 is 22.9 Å². The normalized spacial score (nSPS) is 15.7. The summed E-state index contributed by atoms with van der Waals surface area (Å²) in [6.07, 6.45) is 1.33. The summed E-state index contributed by atoms with van der Waals surface area (Å²) in [7, 11) is 0. The minimum Gasteiger partial charge on any atom is -0.483 e. The first-order valence-corrected chi connectivity index (χ1v) is 10.7. The number of rotatable bonds is 6. The highest BCUT2D eigenvalue weighted by Gasteiger charge is 2.22. The van der Waals surface area contributed by atoms with Crippen molar-refractivity contribution in [3.63, 3.8) is 0 Å². The third kappa shape index (κ3) is 4.11. The molecule has 3 aromatic carbocycles. The van der Waals surface area contributed by atoms with Gasteiger partial charge in [0.25, 0.3) is 5.91 Å². The fraction of sp³-hybridized carbons (Fsp3) is 0.280. The summed E-state index contributed by atoms with van der Waals surface area (Å²) in [5.74, 6) is 2.26. The Kier molecular flexibility index (Phi) is 5.64. The quantitative estimate of drug-likeness (QED) is 0.607. The zero-order valence-electron chi connectivity index (χ0n) is 17.8. The first-order valence-electron chi connectivity index (χ1n) is 10.7. The van der Waals surface area contributed by atoms with Crippen molar-refractivity contribution in [3.8, 4) is 17.2 Å². The number of nitrogens with zero attached hydrogens (tertiary/aromatic N) is 2. The molecule has 164 valence electrons. The van der Waals surface area contributed by atoms with Gasteiger partial charge >= 0.3 is 0 Å². The molecule has 0 saturated carbocycles. The molecule has 1 fully saturated rings. The third-order valence-electron chi connectivity index (χ3n) is 5.99. The smallest absolute Gasteiger partial charge is 0.260 e. The second-order valence-corrected chi connectivity index (χ2v) is 7.98. The molecule has 0 bridgehead atoms. The predicted molar refractivity (Wildman–Crippen MR) is 122 cm³/mol. The van der Waals surface area contributed by atoms with Crippen LogP contribution in [0.2, 0.25) is 0 Å². The number of ether oxygens (including phenoxy) is 3. The largest absolute Gasteiger partial charge is 0.483 e. The monoisotopic (exact) mass is 431 g/mol. The van der Waals surface area contributed by atoms with E-state index in [-0.39, 0.29) is 19.3 Å². The number of fused-ring (bicyclic) bond motifs is 2. The van der Waals surface area contributed by atoms with Gasteiger partial charge in [-0.05, 0) is 35.2 Å². The van der Waals surface area contributed by atoms with E-state index in [1.807, 2.05) is 53.4 Å². The molecule has 2 aliphatic rings. The van der Waals surface area contributed by atoms with Gasteiger partial charge in [0.05, 0.1) is 0 Å². The van der Waals surface area contributed by atoms with Gasteiger partial charge in [-0.15, -0.1) is 0 Å². The molecule has 5 rings (SSSR count). The van der Waals surface area contributed by atoms with Crippen LogP contribution in [0, 0.1) is 5.41 Å². The zero-order chi connectivity index (χ0) is 21.9. The van der Waals surface area contributed by atoms with Crippen LogP contribution in [-0.2, 0) is 11.3 Å². The number of benzene rings is 3. The van der Waals surface area contributed by atoms with Gasteiger partial charge in [0.2, 0.25) is 6.79 Å². The maximum atomic E-state index is 12.7. The lowest BCUT2D eigenvalue weighted by Crippen LogP contribution is -2.49. The molecule has 7 heteroatoms. The Morgan fingerprint density at radius 3 is 2.56 bits per heavy atom. The number of amides is 1. The van der Waals surface area contributed by atoms with Gasteiger partial charge in [-0.2, -0.15) is 0 Å². The highest BCUT2D eigenvalue weighted by molar-refractivity contribution is 6.01. The third-order valence-corrected chi connectivity index (χ3v) is 5.99. The number of carbonyl (C=O) groups excluding carboxylic acids is 1. The van der Waals surface area contributed by atoms with Crippen molar-refractivity contribution in [1.29, 1.82) is 5.41 Å². The van der Waals surface area contributed by atoms with E-state index in [1.54, 1.807) is 0 Å². The molecule has 0 unspecified atom stereocenters. The lowest BCUT2D eigenvalue weighted by molar-refractivity contribution is -0.135. The standard InChI is InChI=1S/C25H25N3O4/c26-14-19-6-8-22(21-4-2-1-3-20(19)21)30-16-25(29)28-11-9-27(10-12-28)15-18-5-7-23-24(13-18)32-17-31-23/h1-8,13-14,26H,9-12,15-17H2. The van der Waals surface area contributed by atoms with Gasteiger partial charge in [0.15, 0.2) is 18.1 Å². The predicted octanol–water partition coefficient (Wildman–Crippen LogP) is 3.29. The molecule has 0 spiro atoms. The van der Waals surface area contributed by atoms with E-state index in [2.05, 4.69) is 11.0 Å². The molecule has 0 atom stereocenters. The molecule has 3 aromatic rings. The average Bonchev–Trinajstić information content (AvgIpc) is 3.31. The van der Waals surface area contributed by atoms with Crippen molar-refractivity contribution in [2.45, 2.75) is 6.54 Å². The molecule has 1 N–H and O–H groups in total. The van der Waals surface area contributed by atoms with Crippen molar-refractivity contribution in [2.75, 3.05) is 39.6 Å². The number of hydrogen-bond donors (Lipinski definition) is 1. The molecule has 0 aliphatic carbocycles. The second kappa shape index (κ2) is 8.88. The molecule has 0 radical (unpaired) electrons. The maximum absolute atomic E-state index is 12.7. The summed E-state index contributed by atoms with van der Waals surface area (Å²) in [6, 6.07) is 17.5. The molecule has 2 aliphatic heterocycles. The molecule has 32 heavy (non-hydrogen) atoms. The topological polar surface area (TPSA) is 75.1 Å². The summed E-state index contributed by atoms with van der Waals surface area (Å²) >= 11 is 0. The number of piperazine rings is 1. The number of carbonyl (C=O) groups is 1. The van der Waals surface area contributed by atoms with Gasteiger partial charge in [-0.3, -0.25) is 9.69 Å². The lowest BCUT2D eigenvalue weighted by Gasteiger charge is -2.34. The molecule has 1 amide bonds. The van der Waals surface area contributed by atoms with Crippen molar-refractivity contribution in [2.24, 2.45) is 0 Å². The summed E-state index contributed by atoms with van der Waals surface area (Å²) in [4.78, 5) is 16.9. The highest BCUT2D eigenvalue weighted by Crippen LogP contribution is 2.33.